The maximum Gasteiger partial charge on any atom is 0.333 e. The maximum absolute atomic E-state index is 11.1. The van der Waals surface area contributed by atoms with Crippen LogP contribution in [0.1, 0.15) is 167 Å². The number of ether oxygens (including phenoxy) is 3. The van der Waals surface area contributed by atoms with Gasteiger partial charge in [0.2, 0.25) is 1.43 Å². The standard InChI is InChI=1S/C11H16O2.2C10H16O.C10H14O.2C4H8O.CH4/c1-8(2)9-4-6-10(7-5-9)11(12)13-3;3*1-8(2)10-5-3-9(7-11)4-6-10;2*1-2-4-5-3-1;/h6H,4-5,7H2,1-3H3;2*3,11H,4-7H2,1-2H3;3,7H,4-6H2,1-2H3;2*1-4H2;1H4/i;7D,11D;;;;;. The van der Waals surface area contributed by atoms with Crippen molar-refractivity contribution in [1.29, 1.82) is 1.43 Å². The molecule has 0 amide bonds. The van der Waals surface area contributed by atoms with Crippen LogP contribution in [-0.2, 0) is 23.8 Å². The van der Waals surface area contributed by atoms with Gasteiger partial charge in [-0.1, -0.05) is 76.3 Å². The lowest BCUT2D eigenvalue weighted by molar-refractivity contribution is -0.136. The summed E-state index contributed by atoms with van der Waals surface area (Å²) in [5.74, 6) is -0.173. The van der Waals surface area contributed by atoms with E-state index in [-0.39, 0.29) is 20.0 Å². The molecule has 0 aromatic heterocycles. The van der Waals surface area contributed by atoms with Crippen LogP contribution in [0.2, 0.25) is 0 Å². The Morgan fingerprint density at radius 1 is 0.649 bits per heavy atom. The largest absolute Gasteiger partial charge is 0.466 e. The normalized spacial score (nSPS) is 19.4. The summed E-state index contributed by atoms with van der Waals surface area (Å²) in [6.45, 7) is 20.5. The number of aliphatic hydroxyl groups excluding tert-OH is 2. The molecule has 324 valence electrons. The number of carbonyl (C=O) groups is 2. The van der Waals surface area contributed by atoms with Crippen LogP contribution in [0.25, 0.3) is 0 Å². The molecular formula is C50H82O7. The molecule has 7 nitrogen and oxygen atoms in total. The molecule has 0 saturated carbocycles. The van der Waals surface area contributed by atoms with Gasteiger partial charge in [0.15, 0.2) is 0 Å². The predicted molar refractivity (Wildman–Crippen MR) is 240 cm³/mol. The smallest absolute Gasteiger partial charge is 0.333 e. The van der Waals surface area contributed by atoms with Crippen molar-refractivity contribution in [2.24, 2.45) is 0 Å². The summed E-state index contributed by atoms with van der Waals surface area (Å²) in [4.78, 5) is 21.5. The summed E-state index contributed by atoms with van der Waals surface area (Å²) in [6.07, 6.45) is 26.1. The second-order valence-corrected chi connectivity index (χ2v) is 15.9. The van der Waals surface area contributed by atoms with Crippen molar-refractivity contribution in [2.45, 2.75) is 166 Å². The van der Waals surface area contributed by atoms with Crippen LogP contribution >= 0.6 is 0 Å². The molecule has 2 aliphatic heterocycles. The molecule has 57 heavy (non-hydrogen) atoms. The highest BCUT2D eigenvalue weighted by atomic mass is 16.5. The molecule has 0 spiro atoms. The number of aliphatic hydroxyl groups is 2. The first-order valence-corrected chi connectivity index (χ1v) is 21.0. The zero-order valence-electron chi connectivity index (χ0n) is 38.7. The van der Waals surface area contributed by atoms with Crippen LogP contribution in [0, 0.1) is 0 Å². The Labute approximate surface area is 351 Å². The van der Waals surface area contributed by atoms with Gasteiger partial charge in [0.25, 0.3) is 0 Å². The van der Waals surface area contributed by atoms with E-state index in [0.717, 1.165) is 126 Å². The fourth-order valence-corrected chi connectivity index (χ4v) is 6.54. The molecule has 7 heteroatoms. The van der Waals surface area contributed by atoms with E-state index in [1.807, 2.05) is 18.2 Å². The highest BCUT2D eigenvalue weighted by molar-refractivity contribution is 5.88. The summed E-state index contributed by atoms with van der Waals surface area (Å²) in [5.41, 5.74) is 15.5. The first-order chi connectivity index (χ1) is 27.8. The lowest BCUT2D eigenvalue weighted by Gasteiger charge is -2.15. The second-order valence-electron chi connectivity index (χ2n) is 15.9. The number of allylic oxidation sites excluding steroid dienone is 13. The van der Waals surface area contributed by atoms with E-state index in [1.54, 1.807) is 5.57 Å². The van der Waals surface area contributed by atoms with E-state index in [0.29, 0.717) is 0 Å². The Bertz CT molecular complexity index is 1470. The van der Waals surface area contributed by atoms with Gasteiger partial charge in [-0.25, -0.2) is 4.79 Å². The molecule has 2 N–H and O–H groups in total. The van der Waals surface area contributed by atoms with Crippen LogP contribution < -0.4 is 0 Å². The van der Waals surface area contributed by atoms with Crippen molar-refractivity contribution in [3.05, 3.63) is 91.2 Å². The summed E-state index contributed by atoms with van der Waals surface area (Å²) < 4.78 is 28.6. The van der Waals surface area contributed by atoms with E-state index < -0.39 is 6.58 Å². The van der Waals surface area contributed by atoms with Gasteiger partial charge < -0.3 is 24.4 Å². The van der Waals surface area contributed by atoms with Gasteiger partial charge in [-0.15, -0.1) is 0 Å². The lowest BCUT2D eigenvalue weighted by Crippen LogP contribution is -2.08. The number of rotatable bonds is 5. The highest BCUT2D eigenvalue weighted by Crippen LogP contribution is 2.27. The SMILES string of the molecule is C.C1CCOC1.C1CCOC1.CC(C)=C1CC=C(C=O)CC1.CC(C)=C1CC=C(CO)CC1.COC(=O)C1=CCC(=C(C)C)CC1.[2H]OC([2H])C1=CCC(=C(C)C)CC1. The zero-order valence-corrected chi connectivity index (χ0v) is 36.7. The molecule has 4 aliphatic carbocycles. The third-order valence-corrected chi connectivity index (χ3v) is 10.8. The van der Waals surface area contributed by atoms with E-state index in [2.05, 4.69) is 71.3 Å². The summed E-state index contributed by atoms with van der Waals surface area (Å²) in [6, 6.07) is 0. The van der Waals surface area contributed by atoms with E-state index in [1.165, 1.54) is 77.4 Å². The van der Waals surface area contributed by atoms with Crippen molar-refractivity contribution in [2.75, 3.05) is 46.7 Å². The van der Waals surface area contributed by atoms with Gasteiger partial charge in [-0.3, -0.25) is 4.79 Å². The molecule has 0 radical (unpaired) electrons. The molecule has 2 heterocycles. The minimum Gasteiger partial charge on any atom is -0.466 e. The number of methoxy groups -OCH3 is 1. The molecule has 2 saturated heterocycles. The Balaban J connectivity index is 0.000000701. The monoisotopic (exact) mass is 797 g/mol. The number of hydrogen-bond donors (Lipinski definition) is 2. The Morgan fingerprint density at radius 3 is 1.32 bits per heavy atom. The van der Waals surface area contributed by atoms with Crippen LogP contribution in [-0.4, -0.2) is 70.6 Å². The molecule has 0 aromatic rings. The quantitative estimate of drug-likeness (QED) is 0.162. The van der Waals surface area contributed by atoms with Crippen LogP contribution in [0.15, 0.2) is 91.2 Å². The van der Waals surface area contributed by atoms with Crippen LogP contribution in [0.5, 0.6) is 0 Å². The molecular weight excluding hydrogens is 713 g/mol. The van der Waals surface area contributed by atoms with Crippen molar-refractivity contribution in [3.8, 4) is 0 Å². The third kappa shape index (κ3) is 24.4. The summed E-state index contributed by atoms with van der Waals surface area (Å²) in [5, 5.41) is 13.0. The van der Waals surface area contributed by atoms with Gasteiger partial charge in [0, 0.05) is 32.0 Å². The molecule has 2 fully saturated rings. The average Bonchev–Trinajstić information content (AvgIpc) is 4.05. The van der Waals surface area contributed by atoms with Gasteiger partial charge >= 0.3 is 5.97 Å². The van der Waals surface area contributed by atoms with E-state index in [4.69, 9.17) is 17.4 Å². The van der Waals surface area contributed by atoms with Crippen molar-refractivity contribution < 1.29 is 35.4 Å². The van der Waals surface area contributed by atoms with E-state index >= 15 is 0 Å². The van der Waals surface area contributed by atoms with Crippen LogP contribution in [0.3, 0.4) is 0 Å². The third-order valence-electron chi connectivity index (χ3n) is 10.8. The molecule has 1 unspecified atom stereocenters. The predicted octanol–water partition coefficient (Wildman–Crippen LogP) is 12.3. The first kappa shape index (κ1) is 50.0. The van der Waals surface area contributed by atoms with Crippen molar-refractivity contribution in [1.82, 2.24) is 0 Å². The van der Waals surface area contributed by atoms with E-state index in [9.17, 15) is 9.59 Å². The number of esters is 1. The number of aldehydes is 1. The van der Waals surface area contributed by atoms with Gasteiger partial charge in [-0.05, 0) is 175 Å². The Kier molecular flexibility index (Phi) is 28.8. The lowest BCUT2D eigenvalue weighted by atomic mass is 9.92. The van der Waals surface area contributed by atoms with Gasteiger partial charge in [0.1, 0.15) is 6.29 Å². The van der Waals surface area contributed by atoms with Crippen LogP contribution in [0.4, 0.5) is 0 Å². The van der Waals surface area contributed by atoms with Crippen molar-refractivity contribution in [3.63, 3.8) is 0 Å². The summed E-state index contributed by atoms with van der Waals surface area (Å²) >= 11 is 0. The number of carbonyl (C=O) groups excluding carboxylic acids is 2. The average molecular weight is 797 g/mol. The van der Waals surface area contributed by atoms with Crippen molar-refractivity contribution >= 4 is 12.3 Å². The Morgan fingerprint density at radius 2 is 1.05 bits per heavy atom. The van der Waals surface area contributed by atoms with Gasteiger partial charge in [0.05, 0.1) is 21.7 Å². The fourth-order valence-electron chi connectivity index (χ4n) is 6.54. The zero-order chi connectivity index (χ0) is 43.3. The fraction of sp³-hybridized carbons (Fsp3) is 0.640. The molecule has 6 aliphatic rings. The van der Waals surface area contributed by atoms with Gasteiger partial charge in [-0.2, -0.15) is 0 Å². The molecule has 1 atom stereocenters. The molecule has 6 rings (SSSR count). The summed E-state index contributed by atoms with van der Waals surface area (Å²) in [7, 11) is 1.43. The first-order valence-electron chi connectivity index (χ1n) is 22.0. The Hall–Kier alpha value is -3.10. The molecule has 0 bridgehead atoms. The molecule has 0 aromatic carbocycles. The topological polar surface area (TPSA) is 102 Å². The minimum absolute atomic E-state index is 0. The maximum atomic E-state index is 11.1. The minimum atomic E-state index is -0.779. The second kappa shape index (κ2) is 32.8. The number of hydrogen-bond acceptors (Lipinski definition) is 7. The highest BCUT2D eigenvalue weighted by Gasteiger charge is 2.15.